The van der Waals surface area contributed by atoms with Crippen molar-refractivity contribution in [1.82, 2.24) is 0 Å². The maximum atomic E-state index is 12.2. The monoisotopic (exact) mass is 250 g/mol. The molecular weight excluding hydrogens is 228 g/mol. The molecule has 0 heterocycles. The van der Waals surface area contributed by atoms with E-state index in [9.17, 15) is 4.79 Å². The quantitative estimate of drug-likeness (QED) is 0.818. The lowest BCUT2D eigenvalue weighted by Gasteiger charge is -2.30. The molecule has 0 aliphatic heterocycles. The highest BCUT2D eigenvalue weighted by atomic mass is 16.6. The molecule has 0 atom stereocenters. The standard InChI is InChI=1S/C14H22N2O2/c1-10(2)16(13(17)18-14(3,4)5)12-8-6-7-11(15)9-12/h6-10H,15H2,1-5H3. The van der Waals surface area contributed by atoms with E-state index >= 15 is 0 Å². The Balaban J connectivity index is 3.00. The van der Waals surface area contributed by atoms with Gasteiger partial charge in [0.05, 0.1) is 0 Å². The molecule has 0 bridgehead atoms. The molecule has 18 heavy (non-hydrogen) atoms. The Morgan fingerprint density at radius 3 is 2.39 bits per heavy atom. The van der Waals surface area contributed by atoms with Gasteiger partial charge in [0.1, 0.15) is 5.60 Å². The van der Waals surface area contributed by atoms with E-state index in [0.717, 1.165) is 5.69 Å². The van der Waals surface area contributed by atoms with Crippen LogP contribution in [-0.4, -0.2) is 17.7 Å². The highest BCUT2D eigenvalue weighted by molar-refractivity contribution is 5.89. The maximum Gasteiger partial charge on any atom is 0.415 e. The van der Waals surface area contributed by atoms with E-state index < -0.39 is 5.60 Å². The van der Waals surface area contributed by atoms with E-state index in [4.69, 9.17) is 10.5 Å². The van der Waals surface area contributed by atoms with E-state index in [1.54, 1.807) is 17.0 Å². The van der Waals surface area contributed by atoms with Crippen molar-refractivity contribution in [3.05, 3.63) is 24.3 Å². The molecule has 1 rings (SSSR count). The summed E-state index contributed by atoms with van der Waals surface area (Å²) < 4.78 is 5.40. The van der Waals surface area contributed by atoms with Gasteiger partial charge >= 0.3 is 6.09 Å². The van der Waals surface area contributed by atoms with Gasteiger partial charge in [0.15, 0.2) is 0 Å². The number of nitrogen functional groups attached to an aromatic ring is 1. The SMILES string of the molecule is CC(C)N(C(=O)OC(C)(C)C)c1cccc(N)c1. The molecule has 4 nitrogen and oxygen atoms in total. The smallest absolute Gasteiger partial charge is 0.415 e. The molecule has 0 saturated carbocycles. The van der Waals surface area contributed by atoms with Crippen LogP contribution in [0.1, 0.15) is 34.6 Å². The van der Waals surface area contributed by atoms with Crippen LogP contribution in [0, 0.1) is 0 Å². The van der Waals surface area contributed by atoms with E-state index in [2.05, 4.69) is 0 Å². The van der Waals surface area contributed by atoms with Crippen molar-refractivity contribution in [3.63, 3.8) is 0 Å². The minimum absolute atomic E-state index is 0.00153. The van der Waals surface area contributed by atoms with Crippen molar-refractivity contribution in [3.8, 4) is 0 Å². The Labute approximate surface area is 109 Å². The van der Waals surface area contributed by atoms with Crippen LogP contribution in [0.3, 0.4) is 0 Å². The molecular formula is C14H22N2O2. The summed E-state index contributed by atoms with van der Waals surface area (Å²) in [6.07, 6.45) is -0.358. The first-order valence-electron chi connectivity index (χ1n) is 6.08. The Morgan fingerprint density at radius 2 is 1.94 bits per heavy atom. The second-order valence-corrected chi connectivity index (χ2v) is 5.54. The number of hydrogen-bond acceptors (Lipinski definition) is 3. The summed E-state index contributed by atoms with van der Waals surface area (Å²) in [6.45, 7) is 9.43. The molecule has 100 valence electrons. The lowest BCUT2D eigenvalue weighted by atomic mass is 10.2. The van der Waals surface area contributed by atoms with Gasteiger partial charge in [0, 0.05) is 17.4 Å². The maximum absolute atomic E-state index is 12.2. The Morgan fingerprint density at radius 1 is 1.33 bits per heavy atom. The van der Waals surface area contributed by atoms with E-state index in [0.29, 0.717) is 5.69 Å². The van der Waals surface area contributed by atoms with Crippen molar-refractivity contribution in [2.75, 3.05) is 10.6 Å². The number of rotatable bonds is 2. The Bertz CT molecular complexity index is 422. The van der Waals surface area contributed by atoms with Gasteiger partial charge in [-0.1, -0.05) is 6.07 Å². The molecule has 0 aliphatic rings. The molecule has 0 spiro atoms. The van der Waals surface area contributed by atoms with Gasteiger partial charge < -0.3 is 10.5 Å². The van der Waals surface area contributed by atoms with Gasteiger partial charge in [0.2, 0.25) is 0 Å². The number of hydrogen-bond donors (Lipinski definition) is 1. The fourth-order valence-electron chi connectivity index (χ4n) is 1.60. The minimum atomic E-state index is -0.509. The zero-order valence-electron chi connectivity index (χ0n) is 11.7. The molecule has 2 N–H and O–H groups in total. The fraction of sp³-hybridized carbons (Fsp3) is 0.500. The van der Waals surface area contributed by atoms with Crippen LogP contribution < -0.4 is 10.6 Å². The van der Waals surface area contributed by atoms with Gasteiger partial charge in [-0.3, -0.25) is 4.90 Å². The first kappa shape index (κ1) is 14.4. The van der Waals surface area contributed by atoms with Gasteiger partial charge in [-0.05, 0) is 52.8 Å². The second kappa shape index (κ2) is 5.29. The van der Waals surface area contributed by atoms with Crippen molar-refractivity contribution >= 4 is 17.5 Å². The van der Waals surface area contributed by atoms with Crippen molar-refractivity contribution < 1.29 is 9.53 Å². The number of anilines is 2. The first-order valence-corrected chi connectivity index (χ1v) is 6.08. The molecule has 1 amide bonds. The van der Waals surface area contributed by atoms with Gasteiger partial charge in [0.25, 0.3) is 0 Å². The summed E-state index contributed by atoms with van der Waals surface area (Å²) in [5.41, 5.74) is 6.61. The summed E-state index contributed by atoms with van der Waals surface area (Å²) >= 11 is 0. The number of nitrogens with zero attached hydrogens (tertiary/aromatic N) is 1. The predicted octanol–water partition coefficient (Wildman–Crippen LogP) is 3.42. The van der Waals surface area contributed by atoms with Crippen LogP contribution in [0.2, 0.25) is 0 Å². The average Bonchev–Trinajstić information content (AvgIpc) is 2.13. The third-order valence-electron chi connectivity index (χ3n) is 2.25. The van der Waals surface area contributed by atoms with E-state index in [1.807, 2.05) is 46.8 Å². The van der Waals surface area contributed by atoms with Gasteiger partial charge in [-0.15, -0.1) is 0 Å². The highest BCUT2D eigenvalue weighted by Crippen LogP contribution is 2.22. The van der Waals surface area contributed by atoms with E-state index in [1.165, 1.54) is 0 Å². The lowest BCUT2D eigenvalue weighted by molar-refractivity contribution is 0.0570. The van der Waals surface area contributed by atoms with Crippen LogP contribution in [-0.2, 0) is 4.74 Å². The summed E-state index contributed by atoms with van der Waals surface area (Å²) in [4.78, 5) is 13.8. The van der Waals surface area contributed by atoms with Crippen LogP contribution in [0.4, 0.5) is 16.2 Å². The summed E-state index contributed by atoms with van der Waals surface area (Å²) in [7, 11) is 0. The Hall–Kier alpha value is -1.71. The fourth-order valence-corrected chi connectivity index (χ4v) is 1.60. The predicted molar refractivity (Wildman–Crippen MR) is 74.7 cm³/mol. The zero-order valence-corrected chi connectivity index (χ0v) is 11.7. The highest BCUT2D eigenvalue weighted by Gasteiger charge is 2.25. The largest absolute Gasteiger partial charge is 0.443 e. The number of ether oxygens (including phenoxy) is 1. The molecule has 0 aromatic heterocycles. The molecule has 0 unspecified atom stereocenters. The molecule has 1 aromatic rings. The molecule has 1 aromatic carbocycles. The number of nitrogens with two attached hydrogens (primary N) is 1. The number of benzene rings is 1. The molecule has 0 saturated heterocycles. The second-order valence-electron chi connectivity index (χ2n) is 5.54. The topological polar surface area (TPSA) is 55.6 Å². The normalized spacial score (nSPS) is 11.4. The Kier molecular flexibility index (Phi) is 4.22. The summed E-state index contributed by atoms with van der Waals surface area (Å²) in [5.74, 6) is 0. The van der Waals surface area contributed by atoms with Crippen LogP contribution in [0.25, 0.3) is 0 Å². The number of carbonyl (C=O) groups is 1. The minimum Gasteiger partial charge on any atom is -0.443 e. The first-order chi connectivity index (χ1) is 8.20. The molecule has 4 heteroatoms. The van der Waals surface area contributed by atoms with Crippen LogP contribution >= 0.6 is 0 Å². The van der Waals surface area contributed by atoms with Crippen LogP contribution in [0.15, 0.2) is 24.3 Å². The van der Waals surface area contributed by atoms with Crippen molar-refractivity contribution in [2.24, 2.45) is 0 Å². The number of amides is 1. The summed E-state index contributed by atoms with van der Waals surface area (Å²) in [6, 6.07) is 7.23. The number of carbonyl (C=O) groups excluding carboxylic acids is 1. The third-order valence-corrected chi connectivity index (χ3v) is 2.25. The summed E-state index contributed by atoms with van der Waals surface area (Å²) in [5, 5.41) is 0. The van der Waals surface area contributed by atoms with Gasteiger partial charge in [-0.25, -0.2) is 4.79 Å². The van der Waals surface area contributed by atoms with Crippen LogP contribution in [0.5, 0.6) is 0 Å². The molecule has 0 radical (unpaired) electrons. The third kappa shape index (κ3) is 3.95. The van der Waals surface area contributed by atoms with E-state index in [-0.39, 0.29) is 12.1 Å². The average molecular weight is 250 g/mol. The zero-order chi connectivity index (χ0) is 13.9. The lowest BCUT2D eigenvalue weighted by Crippen LogP contribution is -2.41. The van der Waals surface area contributed by atoms with Gasteiger partial charge in [-0.2, -0.15) is 0 Å². The van der Waals surface area contributed by atoms with Crippen molar-refractivity contribution in [2.45, 2.75) is 46.3 Å². The molecule has 0 aliphatic carbocycles. The molecule has 0 fully saturated rings. The van der Waals surface area contributed by atoms with Crippen molar-refractivity contribution in [1.29, 1.82) is 0 Å².